The Labute approximate surface area is 130 Å². The third-order valence-electron chi connectivity index (χ3n) is 4.80. The molecule has 2 heterocycles. The molecule has 0 radical (unpaired) electrons. The SMILES string of the molecule is CN1CCC[C@@H]1[C@@H]1CCCN1C(=O)COc1cccc(F)c1. The fourth-order valence-electron chi connectivity index (χ4n) is 3.71. The Balaban J connectivity index is 1.59. The number of halogens is 1. The molecule has 2 aliphatic rings. The molecule has 1 amide bonds. The highest BCUT2D eigenvalue weighted by molar-refractivity contribution is 5.78. The average Bonchev–Trinajstić information content (AvgIpc) is 3.13. The molecule has 3 rings (SSSR count). The van der Waals surface area contributed by atoms with Crippen molar-refractivity contribution in [3.05, 3.63) is 30.1 Å². The van der Waals surface area contributed by atoms with Gasteiger partial charge in [0, 0.05) is 24.7 Å². The third kappa shape index (κ3) is 3.24. The minimum absolute atomic E-state index is 0.00654. The average molecular weight is 306 g/mol. The molecule has 0 saturated carbocycles. The summed E-state index contributed by atoms with van der Waals surface area (Å²) < 4.78 is 18.6. The number of carbonyl (C=O) groups is 1. The summed E-state index contributed by atoms with van der Waals surface area (Å²) in [5, 5.41) is 0. The molecule has 2 atom stereocenters. The van der Waals surface area contributed by atoms with Gasteiger partial charge in [0.1, 0.15) is 11.6 Å². The predicted molar refractivity (Wildman–Crippen MR) is 82.3 cm³/mol. The van der Waals surface area contributed by atoms with E-state index in [9.17, 15) is 9.18 Å². The monoisotopic (exact) mass is 306 g/mol. The molecular weight excluding hydrogens is 283 g/mol. The molecule has 4 nitrogen and oxygen atoms in total. The van der Waals surface area contributed by atoms with Crippen LogP contribution in [0, 0.1) is 5.82 Å². The fraction of sp³-hybridized carbons (Fsp3) is 0.588. The van der Waals surface area contributed by atoms with Crippen LogP contribution in [0.4, 0.5) is 4.39 Å². The number of hydrogen-bond donors (Lipinski definition) is 0. The second-order valence-electron chi connectivity index (χ2n) is 6.23. The first kappa shape index (κ1) is 15.3. The smallest absolute Gasteiger partial charge is 0.260 e. The van der Waals surface area contributed by atoms with Gasteiger partial charge in [-0.2, -0.15) is 0 Å². The van der Waals surface area contributed by atoms with Crippen molar-refractivity contribution in [2.75, 3.05) is 26.7 Å². The standard InChI is InChI=1S/C17H23FN2O2/c1-19-9-3-7-15(19)16-8-4-10-20(16)17(21)12-22-14-6-2-5-13(18)11-14/h2,5-6,11,15-16H,3-4,7-10,12H2,1H3/t15-,16+/m1/s1. The topological polar surface area (TPSA) is 32.8 Å². The number of carbonyl (C=O) groups excluding carboxylic acids is 1. The van der Waals surface area contributed by atoms with Gasteiger partial charge in [0.25, 0.3) is 5.91 Å². The molecule has 2 aliphatic heterocycles. The zero-order valence-electron chi connectivity index (χ0n) is 13.0. The zero-order valence-corrected chi connectivity index (χ0v) is 13.0. The molecule has 0 N–H and O–H groups in total. The second kappa shape index (κ2) is 6.65. The van der Waals surface area contributed by atoms with Gasteiger partial charge in [-0.25, -0.2) is 4.39 Å². The minimum atomic E-state index is -0.350. The first-order valence-electron chi connectivity index (χ1n) is 8.03. The largest absolute Gasteiger partial charge is 0.484 e. The normalized spacial score (nSPS) is 25.6. The fourth-order valence-corrected chi connectivity index (χ4v) is 3.71. The Morgan fingerprint density at radius 2 is 2.05 bits per heavy atom. The van der Waals surface area contributed by atoms with Crippen molar-refractivity contribution in [3.63, 3.8) is 0 Å². The molecule has 0 bridgehead atoms. The maximum Gasteiger partial charge on any atom is 0.260 e. The molecule has 0 spiro atoms. The van der Waals surface area contributed by atoms with E-state index in [0.717, 1.165) is 32.4 Å². The summed E-state index contributed by atoms with van der Waals surface area (Å²) in [5.74, 6) is 0.0609. The van der Waals surface area contributed by atoms with Gasteiger partial charge in [0.2, 0.25) is 0 Å². The van der Waals surface area contributed by atoms with Crippen LogP contribution in [0.5, 0.6) is 5.75 Å². The molecule has 0 aliphatic carbocycles. The lowest BCUT2D eigenvalue weighted by Gasteiger charge is -2.33. The van der Waals surface area contributed by atoms with Gasteiger partial charge >= 0.3 is 0 Å². The number of likely N-dealkylation sites (tertiary alicyclic amines) is 2. The van der Waals surface area contributed by atoms with Crippen LogP contribution < -0.4 is 4.74 Å². The van der Waals surface area contributed by atoms with E-state index in [2.05, 4.69) is 11.9 Å². The molecule has 1 aromatic rings. The van der Waals surface area contributed by atoms with E-state index in [4.69, 9.17) is 4.74 Å². The summed E-state index contributed by atoms with van der Waals surface area (Å²) >= 11 is 0. The van der Waals surface area contributed by atoms with E-state index in [-0.39, 0.29) is 18.3 Å². The van der Waals surface area contributed by atoms with Crippen LogP contribution in [0.15, 0.2) is 24.3 Å². The van der Waals surface area contributed by atoms with Gasteiger partial charge in [-0.1, -0.05) is 6.07 Å². The van der Waals surface area contributed by atoms with Crippen molar-refractivity contribution in [1.82, 2.24) is 9.80 Å². The first-order valence-corrected chi connectivity index (χ1v) is 8.03. The second-order valence-corrected chi connectivity index (χ2v) is 6.23. The van der Waals surface area contributed by atoms with Crippen LogP contribution in [0.1, 0.15) is 25.7 Å². The van der Waals surface area contributed by atoms with Crippen LogP contribution in [0.2, 0.25) is 0 Å². The molecule has 0 aromatic heterocycles. The number of ether oxygens (including phenoxy) is 1. The molecule has 22 heavy (non-hydrogen) atoms. The third-order valence-corrected chi connectivity index (χ3v) is 4.80. The Morgan fingerprint density at radius 1 is 1.27 bits per heavy atom. The summed E-state index contributed by atoms with van der Waals surface area (Å²) in [6.45, 7) is 1.90. The van der Waals surface area contributed by atoms with Gasteiger partial charge in [0.05, 0.1) is 0 Å². The van der Waals surface area contributed by atoms with Crippen LogP contribution in [-0.4, -0.2) is 54.5 Å². The van der Waals surface area contributed by atoms with Crippen LogP contribution in [0.25, 0.3) is 0 Å². The molecule has 2 fully saturated rings. The summed E-state index contributed by atoms with van der Waals surface area (Å²) in [5.41, 5.74) is 0. The Bertz CT molecular complexity index is 537. The molecule has 1 aromatic carbocycles. The number of rotatable bonds is 4. The first-order chi connectivity index (χ1) is 10.6. The highest BCUT2D eigenvalue weighted by Crippen LogP contribution is 2.29. The van der Waals surface area contributed by atoms with E-state index >= 15 is 0 Å². The number of nitrogens with zero attached hydrogens (tertiary/aromatic N) is 2. The lowest BCUT2D eigenvalue weighted by molar-refractivity contribution is -0.135. The van der Waals surface area contributed by atoms with Gasteiger partial charge in [-0.3, -0.25) is 4.79 Å². The van der Waals surface area contributed by atoms with Crippen LogP contribution in [0.3, 0.4) is 0 Å². The van der Waals surface area contributed by atoms with Gasteiger partial charge in [-0.15, -0.1) is 0 Å². The quantitative estimate of drug-likeness (QED) is 0.855. The highest BCUT2D eigenvalue weighted by atomic mass is 19.1. The molecular formula is C17H23FN2O2. The van der Waals surface area contributed by atoms with E-state index in [1.165, 1.54) is 18.6 Å². The maximum atomic E-state index is 13.1. The Morgan fingerprint density at radius 3 is 2.77 bits per heavy atom. The minimum Gasteiger partial charge on any atom is -0.484 e. The van der Waals surface area contributed by atoms with E-state index in [1.807, 2.05) is 4.90 Å². The molecule has 120 valence electrons. The summed E-state index contributed by atoms with van der Waals surface area (Å²) in [4.78, 5) is 16.8. The van der Waals surface area contributed by atoms with Crippen molar-refractivity contribution >= 4 is 5.91 Å². The summed E-state index contributed by atoms with van der Waals surface area (Å²) in [7, 11) is 2.14. The van der Waals surface area contributed by atoms with E-state index < -0.39 is 0 Å². The molecule has 0 unspecified atom stereocenters. The maximum absolute atomic E-state index is 13.1. The van der Waals surface area contributed by atoms with Crippen molar-refractivity contribution in [1.29, 1.82) is 0 Å². The van der Waals surface area contributed by atoms with Gasteiger partial charge in [-0.05, 0) is 51.4 Å². The van der Waals surface area contributed by atoms with E-state index in [1.54, 1.807) is 12.1 Å². The molecule has 2 saturated heterocycles. The lowest BCUT2D eigenvalue weighted by atomic mass is 10.0. The number of likely N-dealkylation sites (N-methyl/N-ethyl adjacent to an activating group) is 1. The molecule has 5 heteroatoms. The van der Waals surface area contributed by atoms with Gasteiger partial charge < -0.3 is 14.5 Å². The van der Waals surface area contributed by atoms with E-state index in [0.29, 0.717) is 17.8 Å². The van der Waals surface area contributed by atoms with Crippen molar-refractivity contribution in [2.45, 2.75) is 37.8 Å². The van der Waals surface area contributed by atoms with Crippen LogP contribution >= 0.6 is 0 Å². The number of benzene rings is 1. The zero-order chi connectivity index (χ0) is 15.5. The van der Waals surface area contributed by atoms with Crippen molar-refractivity contribution in [3.8, 4) is 5.75 Å². The van der Waals surface area contributed by atoms with Crippen LogP contribution in [-0.2, 0) is 4.79 Å². The predicted octanol–water partition coefficient (Wildman–Crippen LogP) is 2.29. The van der Waals surface area contributed by atoms with Gasteiger partial charge in [0.15, 0.2) is 6.61 Å². The van der Waals surface area contributed by atoms with Crippen molar-refractivity contribution < 1.29 is 13.9 Å². The number of amides is 1. The Kier molecular flexibility index (Phi) is 4.62. The summed E-state index contributed by atoms with van der Waals surface area (Å²) in [6, 6.07) is 6.70. The lowest BCUT2D eigenvalue weighted by Crippen LogP contribution is -2.48. The Hall–Kier alpha value is -1.62. The highest BCUT2D eigenvalue weighted by Gasteiger charge is 2.38. The van der Waals surface area contributed by atoms with Crippen molar-refractivity contribution in [2.24, 2.45) is 0 Å². The number of hydrogen-bond acceptors (Lipinski definition) is 3. The summed E-state index contributed by atoms with van der Waals surface area (Å²) in [6.07, 6.45) is 4.50.